The first kappa shape index (κ1) is 17.5. The molecule has 4 heterocycles. The van der Waals surface area contributed by atoms with Gasteiger partial charge in [0.15, 0.2) is 0 Å². The Morgan fingerprint density at radius 3 is 1.65 bits per heavy atom. The molecule has 0 bridgehead atoms. The van der Waals surface area contributed by atoms with Crippen LogP contribution in [0, 0.1) is 0 Å². The predicted molar refractivity (Wildman–Crippen MR) is 102 cm³/mol. The standard InChI is InChI=1S/C23H11NO7/c1-23(10-3-2-4-24-9-10)15-5-11-13(21(27)30-19(11)25)7-17(15)29-18-8-14-12(6-16(18)23)20(26)31-22(14)28/h2-9H,1H3. The molecular weight excluding hydrogens is 402 g/mol. The molecule has 0 aliphatic carbocycles. The van der Waals surface area contributed by atoms with Crippen molar-refractivity contribution in [3.63, 3.8) is 0 Å². The molecule has 0 atom stereocenters. The summed E-state index contributed by atoms with van der Waals surface area (Å²) in [5.74, 6) is -2.29. The third kappa shape index (κ3) is 2.16. The van der Waals surface area contributed by atoms with Gasteiger partial charge in [0.05, 0.1) is 27.7 Å². The molecule has 3 aliphatic heterocycles. The van der Waals surface area contributed by atoms with Crippen molar-refractivity contribution in [3.8, 4) is 11.5 Å². The smallest absolute Gasteiger partial charge is 0.347 e. The highest BCUT2D eigenvalue weighted by atomic mass is 16.6. The maximum Gasteiger partial charge on any atom is 0.347 e. The van der Waals surface area contributed by atoms with Crippen LogP contribution in [0.15, 0.2) is 48.8 Å². The minimum absolute atomic E-state index is 0.108. The molecule has 0 radical (unpaired) electrons. The zero-order valence-electron chi connectivity index (χ0n) is 15.9. The molecule has 3 aromatic rings. The molecular formula is C23H11NO7. The number of rotatable bonds is 1. The van der Waals surface area contributed by atoms with E-state index in [1.165, 1.54) is 12.1 Å². The topological polar surface area (TPSA) is 109 Å². The largest absolute Gasteiger partial charge is 0.457 e. The highest BCUT2D eigenvalue weighted by Crippen LogP contribution is 2.53. The van der Waals surface area contributed by atoms with E-state index in [0.29, 0.717) is 22.6 Å². The molecule has 1 aromatic heterocycles. The summed E-state index contributed by atoms with van der Waals surface area (Å²) in [6.45, 7) is 1.90. The number of pyridine rings is 1. The summed E-state index contributed by atoms with van der Waals surface area (Å²) in [6.07, 6.45) is 3.30. The number of hydrogen-bond acceptors (Lipinski definition) is 8. The number of aromatic nitrogens is 1. The number of ether oxygens (including phenoxy) is 3. The molecule has 0 unspecified atom stereocenters. The average molecular weight is 413 g/mol. The summed E-state index contributed by atoms with van der Waals surface area (Å²) in [6, 6.07) is 9.71. The van der Waals surface area contributed by atoms with Gasteiger partial charge in [0.25, 0.3) is 0 Å². The third-order valence-electron chi connectivity index (χ3n) is 6.03. The van der Waals surface area contributed by atoms with E-state index >= 15 is 0 Å². The van der Waals surface area contributed by atoms with Crippen molar-refractivity contribution in [3.05, 3.63) is 87.7 Å². The van der Waals surface area contributed by atoms with Crippen molar-refractivity contribution in [1.82, 2.24) is 4.98 Å². The third-order valence-corrected chi connectivity index (χ3v) is 6.03. The van der Waals surface area contributed by atoms with Gasteiger partial charge in [-0.05, 0) is 42.8 Å². The second-order valence-electron chi connectivity index (χ2n) is 7.61. The van der Waals surface area contributed by atoms with E-state index in [1.807, 2.05) is 13.0 Å². The summed E-state index contributed by atoms with van der Waals surface area (Å²) in [5.41, 5.74) is 1.53. The van der Waals surface area contributed by atoms with E-state index in [-0.39, 0.29) is 22.3 Å². The molecule has 150 valence electrons. The molecule has 0 fully saturated rings. The Labute approximate surface area is 174 Å². The zero-order valence-corrected chi connectivity index (χ0v) is 15.9. The number of hydrogen-bond donors (Lipinski definition) is 0. The highest BCUT2D eigenvalue weighted by molar-refractivity contribution is 6.16. The summed E-state index contributed by atoms with van der Waals surface area (Å²) in [4.78, 5) is 52.7. The van der Waals surface area contributed by atoms with Gasteiger partial charge in [-0.15, -0.1) is 0 Å². The first-order chi connectivity index (χ1) is 14.9. The Kier molecular flexibility index (Phi) is 3.18. The van der Waals surface area contributed by atoms with Crippen molar-refractivity contribution < 1.29 is 33.4 Å². The first-order valence-electron chi connectivity index (χ1n) is 9.36. The van der Waals surface area contributed by atoms with Gasteiger partial charge >= 0.3 is 23.9 Å². The molecule has 0 spiro atoms. The number of carbonyl (C=O) groups is 4. The van der Waals surface area contributed by atoms with Gasteiger partial charge in [-0.1, -0.05) is 6.07 Å². The van der Waals surface area contributed by atoms with E-state index < -0.39 is 29.3 Å². The molecule has 2 aromatic carbocycles. The van der Waals surface area contributed by atoms with Crippen LogP contribution in [-0.4, -0.2) is 28.9 Å². The number of cyclic esters (lactones) is 4. The van der Waals surface area contributed by atoms with Gasteiger partial charge in [0, 0.05) is 23.5 Å². The van der Waals surface area contributed by atoms with E-state index in [9.17, 15) is 19.2 Å². The molecule has 31 heavy (non-hydrogen) atoms. The Morgan fingerprint density at radius 1 is 0.710 bits per heavy atom. The Morgan fingerprint density at radius 2 is 1.19 bits per heavy atom. The van der Waals surface area contributed by atoms with Crippen LogP contribution in [0.1, 0.15) is 65.0 Å². The van der Waals surface area contributed by atoms with Gasteiger partial charge in [-0.25, -0.2) is 19.2 Å². The molecule has 8 heteroatoms. The highest BCUT2D eigenvalue weighted by Gasteiger charge is 2.45. The lowest BCUT2D eigenvalue weighted by Gasteiger charge is -2.38. The second kappa shape index (κ2) is 5.63. The number of benzene rings is 2. The fourth-order valence-corrected chi connectivity index (χ4v) is 4.41. The quantitative estimate of drug-likeness (QED) is 0.442. The van der Waals surface area contributed by atoms with Crippen LogP contribution in [0.2, 0.25) is 0 Å². The fraction of sp³-hybridized carbons (Fsp3) is 0.0870. The maximum atomic E-state index is 12.2. The van der Waals surface area contributed by atoms with Gasteiger partial charge < -0.3 is 14.2 Å². The van der Waals surface area contributed by atoms with E-state index in [4.69, 9.17) is 14.2 Å². The summed E-state index contributed by atoms with van der Waals surface area (Å²) in [5, 5.41) is 0. The monoisotopic (exact) mass is 413 g/mol. The predicted octanol–water partition coefficient (Wildman–Crippen LogP) is 3.16. The lowest BCUT2D eigenvalue weighted by molar-refractivity contribution is 0.0425. The van der Waals surface area contributed by atoms with Crippen LogP contribution in [0.5, 0.6) is 11.5 Å². The Balaban J connectivity index is 1.69. The SMILES string of the molecule is CC1(c2cccnc2)c2cc3c(cc2Oc2cc4c(cc21)C(=O)OC4=O)C(=O)OC3=O. The molecule has 6 rings (SSSR count). The minimum atomic E-state index is -0.918. The van der Waals surface area contributed by atoms with Crippen molar-refractivity contribution in [2.45, 2.75) is 12.3 Å². The molecule has 0 saturated carbocycles. The van der Waals surface area contributed by atoms with Crippen molar-refractivity contribution >= 4 is 23.9 Å². The van der Waals surface area contributed by atoms with Crippen molar-refractivity contribution in [1.29, 1.82) is 0 Å². The van der Waals surface area contributed by atoms with E-state index in [1.54, 1.807) is 30.6 Å². The van der Waals surface area contributed by atoms with Gasteiger partial charge in [-0.3, -0.25) is 4.98 Å². The van der Waals surface area contributed by atoms with Gasteiger partial charge in [0.1, 0.15) is 11.5 Å². The van der Waals surface area contributed by atoms with Crippen LogP contribution >= 0.6 is 0 Å². The molecule has 0 saturated heterocycles. The van der Waals surface area contributed by atoms with Crippen LogP contribution in [-0.2, 0) is 14.9 Å². The van der Waals surface area contributed by atoms with Crippen LogP contribution in [0.25, 0.3) is 0 Å². The lowest BCUT2D eigenvalue weighted by atomic mass is 9.68. The van der Waals surface area contributed by atoms with Crippen LogP contribution in [0.4, 0.5) is 0 Å². The molecule has 3 aliphatic rings. The van der Waals surface area contributed by atoms with Crippen LogP contribution < -0.4 is 4.74 Å². The number of carbonyl (C=O) groups excluding carboxylic acids is 4. The minimum Gasteiger partial charge on any atom is -0.457 e. The Hall–Kier alpha value is -4.33. The van der Waals surface area contributed by atoms with Gasteiger partial charge in [-0.2, -0.15) is 0 Å². The summed E-state index contributed by atoms with van der Waals surface area (Å²) in [7, 11) is 0. The molecule has 8 nitrogen and oxygen atoms in total. The normalized spacial score (nSPS) is 17.2. The summed E-state index contributed by atoms with van der Waals surface area (Å²) >= 11 is 0. The van der Waals surface area contributed by atoms with Crippen molar-refractivity contribution in [2.75, 3.05) is 0 Å². The Bertz CT molecular complexity index is 1310. The number of nitrogens with zero attached hydrogens (tertiary/aromatic N) is 1. The van der Waals surface area contributed by atoms with E-state index in [2.05, 4.69) is 4.98 Å². The number of fused-ring (bicyclic) bond motifs is 4. The average Bonchev–Trinajstić information content (AvgIpc) is 3.20. The lowest BCUT2D eigenvalue weighted by Crippen LogP contribution is -2.30. The van der Waals surface area contributed by atoms with Gasteiger partial charge in [0.2, 0.25) is 0 Å². The molecule has 0 N–H and O–H groups in total. The zero-order chi connectivity index (χ0) is 21.5. The maximum absolute atomic E-state index is 12.2. The van der Waals surface area contributed by atoms with Crippen LogP contribution in [0.3, 0.4) is 0 Å². The summed E-state index contributed by atoms with van der Waals surface area (Å²) < 4.78 is 15.5. The molecule has 0 amide bonds. The number of esters is 4. The van der Waals surface area contributed by atoms with E-state index in [0.717, 1.165) is 5.56 Å². The van der Waals surface area contributed by atoms with Crippen molar-refractivity contribution in [2.24, 2.45) is 0 Å². The first-order valence-corrected chi connectivity index (χ1v) is 9.36. The second-order valence-corrected chi connectivity index (χ2v) is 7.61. The fourth-order valence-electron chi connectivity index (χ4n) is 4.41.